The number of carbonyl (C=O) groups excluding carboxylic acids is 2. The number of thioether (sulfide) groups is 1. The van der Waals surface area contributed by atoms with Crippen molar-refractivity contribution in [3.63, 3.8) is 0 Å². The van der Waals surface area contributed by atoms with Gasteiger partial charge in [0.25, 0.3) is 0 Å². The zero-order valence-corrected chi connectivity index (χ0v) is 19.2. The van der Waals surface area contributed by atoms with Crippen LogP contribution in [-0.2, 0) is 16.1 Å². The van der Waals surface area contributed by atoms with Crippen LogP contribution in [-0.4, -0.2) is 44.2 Å². The van der Waals surface area contributed by atoms with Crippen molar-refractivity contribution < 1.29 is 9.59 Å². The zero-order chi connectivity index (χ0) is 22.5. The maximum atomic E-state index is 12.8. The lowest BCUT2D eigenvalue weighted by molar-refractivity contribution is -0.132. The summed E-state index contributed by atoms with van der Waals surface area (Å²) < 4.78 is 1.74. The number of anilines is 1. The highest BCUT2D eigenvalue weighted by molar-refractivity contribution is 7.99. The normalized spacial score (nSPS) is 16.1. The predicted octanol–water partition coefficient (Wildman–Crippen LogP) is 3.93. The van der Waals surface area contributed by atoms with E-state index in [1.165, 1.54) is 17.8 Å². The van der Waals surface area contributed by atoms with Crippen LogP contribution in [0.5, 0.6) is 0 Å². The van der Waals surface area contributed by atoms with Gasteiger partial charge in [-0.3, -0.25) is 14.3 Å². The van der Waals surface area contributed by atoms with E-state index in [-0.39, 0.29) is 11.8 Å². The van der Waals surface area contributed by atoms with Crippen molar-refractivity contribution in [2.75, 3.05) is 16.9 Å². The molecule has 2 heterocycles. The number of benzene rings is 1. The molecule has 1 saturated heterocycles. The van der Waals surface area contributed by atoms with Crippen LogP contribution < -0.4 is 5.32 Å². The van der Waals surface area contributed by atoms with Gasteiger partial charge in [-0.05, 0) is 43.2 Å². The first-order valence-corrected chi connectivity index (χ1v) is 11.4. The molecule has 1 aliphatic rings. The van der Waals surface area contributed by atoms with Gasteiger partial charge in [0, 0.05) is 29.6 Å². The molecule has 2 amide bonds. The Balaban J connectivity index is 1.69. The largest absolute Gasteiger partial charge is 0.324 e. The molecule has 9 heteroatoms. The van der Waals surface area contributed by atoms with Crippen LogP contribution in [0.2, 0.25) is 5.15 Å². The lowest BCUT2D eigenvalue weighted by atomic mass is 10.2. The number of carbonyl (C=O) groups is 2. The topological polar surface area (TPSA) is 91.0 Å². The Labute approximate surface area is 191 Å². The lowest BCUT2D eigenvalue weighted by Crippen LogP contribution is -2.43. The van der Waals surface area contributed by atoms with E-state index in [0.717, 1.165) is 5.69 Å². The zero-order valence-electron chi connectivity index (χ0n) is 17.6. The van der Waals surface area contributed by atoms with E-state index in [4.69, 9.17) is 16.9 Å². The molecule has 0 spiro atoms. The summed E-state index contributed by atoms with van der Waals surface area (Å²) in [6, 6.07) is 8.08. The third-order valence-electron chi connectivity index (χ3n) is 4.79. The first-order chi connectivity index (χ1) is 14.8. The summed E-state index contributed by atoms with van der Waals surface area (Å²) in [5, 5.41) is 16.7. The third-order valence-corrected chi connectivity index (χ3v) is 6.20. The van der Waals surface area contributed by atoms with Gasteiger partial charge < -0.3 is 10.2 Å². The van der Waals surface area contributed by atoms with Crippen LogP contribution in [0.25, 0.3) is 6.08 Å². The lowest BCUT2D eigenvalue weighted by Gasteiger charge is -2.21. The molecule has 1 aliphatic heterocycles. The SMILES string of the molecule is Cc1nn(CC(C)C)c(Cl)c1/C=C/C(=O)N1CSCC1C(=O)Nc1ccc(C#N)cc1. The molecule has 0 aliphatic carbocycles. The molecule has 1 aromatic carbocycles. The average Bonchev–Trinajstić information content (AvgIpc) is 3.32. The number of nitriles is 1. The first kappa shape index (κ1) is 22.9. The Bertz CT molecular complexity index is 1040. The van der Waals surface area contributed by atoms with Gasteiger partial charge in [0.2, 0.25) is 11.8 Å². The highest BCUT2D eigenvalue weighted by Crippen LogP contribution is 2.25. The highest BCUT2D eigenvalue weighted by atomic mass is 35.5. The molecule has 1 atom stereocenters. The number of nitrogens with one attached hydrogen (secondary N) is 1. The van der Waals surface area contributed by atoms with Crippen LogP contribution >= 0.6 is 23.4 Å². The molecular weight excluding hydrogens is 434 g/mol. The smallest absolute Gasteiger partial charge is 0.248 e. The Morgan fingerprint density at radius 1 is 1.39 bits per heavy atom. The molecule has 1 aromatic heterocycles. The van der Waals surface area contributed by atoms with E-state index in [2.05, 4.69) is 24.3 Å². The second-order valence-corrected chi connectivity index (χ2v) is 9.06. The van der Waals surface area contributed by atoms with Crippen LogP contribution in [0, 0.1) is 24.2 Å². The van der Waals surface area contributed by atoms with E-state index in [9.17, 15) is 9.59 Å². The molecule has 31 heavy (non-hydrogen) atoms. The summed E-state index contributed by atoms with van der Waals surface area (Å²) in [5.41, 5.74) is 2.56. The molecule has 7 nitrogen and oxygen atoms in total. The average molecular weight is 458 g/mol. The Morgan fingerprint density at radius 3 is 2.74 bits per heavy atom. The number of hydrogen-bond donors (Lipinski definition) is 1. The minimum Gasteiger partial charge on any atom is -0.324 e. The highest BCUT2D eigenvalue weighted by Gasteiger charge is 2.33. The summed E-state index contributed by atoms with van der Waals surface area (Å²) in [6.07, 6.45) is 3.12. The molecule has 162 valence electrons. The maximum absolute atomic E-state index is 12.8. The van der Waals surface area contributed by atoms with Crippen molar-refractivity contribution in [2.45, 2.75) is 33.4 Å². The van der Waals surface area contributed by atoms with Crippen LogP contribution in [0.15, 0.2) is 30.3 Å². The molecule has 1 fully saturated rings. The van der Waals surface area contributed by atoms with Gasteiger partial charge in [-0.1, -0.05) is 25.4 Å². The Morgan fingerprint density at radius 2 is 2.10 bits per heavy atom. The quantitative estimate of drug-likeness (QED) is 0.663. The molecule has 1 unspecified atom stereocenters. The van der Waals surface area contributed by atoms with Crippen LogP contribution in [0.3, 0.4) is 0 Å². The van der Waals surface area contributed by atoms with Gasteiger partial charge in [-0.2, -0.15) is 10.4 Å². The van der Waals surface area contributed by atoms with Crippen LogP contribution in [0.1, 0.15) is 30.7 Å². The maximum Gasteiger partial charge on any atom is 0.248 e. The van der Waals surface area contributed by atoms with E-state index < -0.39 is 6.04 Å². The standard InChI is InChI=1S/C22H24ClN5O2S/c1-14(2)11-28-21(23)18(15(3)26-28)8-9-20(29)27-13-31-12-19(27)22(30)25-17-6-4-16(10-24)5-7-17/h4-9,14,19H,11-13H2,1-3H3,(H,25,30)/b9-8+. The van der Waals surface area contributed by atoms with Crippen molar-refractivity contribution in [1.82, 2.24) is 14.7 Å². The van der Waals surface area contributed by atoms with Gasteiger partial charge in [0.15, 0.2) is 0 Å². The second kappa shape index (κ2) is 10.0. The van der Waals surface area contributed by atoms with Gasteiger partial charge in [0.1, 0.15) is 11.2 Å². The number of halogens is 1. The first-order valence-electron chi connectivity index (χ1n) is 9.90. The van der Waals surface area contributed by atoms with Gasteiger partial charge >= 0.3 is 0 Å². The summed E-state index contributed by atoms with van der Waals surface area (Å²) >= 11 is 7.97. The molecule has 0 radical (unpaired) electrons. The number of aryl methyl sites for hydroxylation is 1. The third kappa shape index (κ3) is 5.49. The van der Waals surface area contributed by atoms with E-state index >= 15 is 0 Å². The van der Waals surface area contributed by atoms with Crippen LogP contribution in [0.4, 0.5) is 5.69 Å². The molecule has 0 saturated carbocycles. The van der Waals surface area contributed by atoms with Crippen molar-refractivity contribution >= 4 is 46.9 Å². The summed E-state index contributed by atoms with van der Waals surface area (Å²) in [6.45, 7) is 6.72. The number of aromatic nitrogens is 2. The van der Waals surface area contributed by atoms with E-state index in [0.29, 0.717) is 46.1 Å². The molecule has 0 bridgehead atoms. The Kier molecular flexibility index (Phi) is 7.42. The summed E-state index contributed by atoms with van der Waals surface area (Å²) in [7, 11) is 0. The summed E-state index contributed by atoms with van der Waals surface area (Å²) in [5.74, 6) is 0.849. The molecule has 2 aromatic rings. The van der Waals surface area contributed by atoms with Gasteiger partial charge in [0.05, 0.1) is 23.2 Å². The Hall–Kier alpha value is -2.76. The minimum absolute atomic E-state index is 0.253. The van der Waals surface area contributed by atoms with Crippen molar-refractivity contribution in [3.8, 4) is 6.07 Å². The number of amides is 2. The monoisotopic (exact) mass is 457 g/mol. The molecule has 3 rings (SSSR count). The van der Waals surface area contributed by atoms with Crippen molar-refractivity contribution in [3.05, 3.63) is 52.3 Å². The van der Waals surface area contributed by atoms with E-state index in [1.54, 1.807) is 39.9 Å². The summed E-state index contributed by atoms with van der Waals surface area (Å²) in [4.78, 5) is 27.1. The predicted molar refractivity (Wildman–Crippen MR) is 124 cm³/mol. The number of hydrogen-bond acceptors (Lipinski definition) is 5. The van der Waals surface area contributed by atoms with E-state index in [1.807, 2.05) is 13.0 Å². The van der Waals surface area contributed by atoms with Crippen molar-refractivity contribution in [1.29, 1.82) is 5.26 Å². The second-order valence-electron chi connectivity index (χ2n) is 7.70. The van der Waals surface area contributed by atoms with Gasteiger partial charge in [-0.15, -0.1) is 11.8 Å². The minimum atomic E-state index is -0.571. The number of rotatable bonds is 6. The number of nitrogens with zero attached hydrogens (tertiary/aromatic N) is 4. The molecular formula is C22H24ClN5O2S. The molecule has 1 N–H and O–H groups in total. The fraction of sp³-hybridized carbons (Fsp3) is 0.364. The fourth-order valence-electron chi connectivity index (χ4n) is 3.20. The van der Waals surface area contributed by atoms with Crippen molar-refractivity contribution in [2.24, 2.45) is 5.92 Å². The van der Waals surface area contributed by atoms with Gasteiger partial charge in [-0.25, -0.2) is 0 Å². The fourth-order valence-corrected chi connectivity index (χ4v) is 4.67.